The number of amides is 3. The summed E-state index contributed by atoms with van der Waals surface area (Å²) in [6, 6.07) is 16.0. The summed E-state index contributed by atoms with van der Waals surface area (Å²) in [6.07, 6.45) is 0. The quantitative estimate of drug-likeness (QED) is 0.538. The molecular formula is C24H23ClN4O2S. The first kappa shape index (κ1) is 22.2. The van der Waals surface area contributed by atoms with Gasteiger partial charge >= 0.3 is 6.03 Å². The third kappa shape index (κ3) is 5.06. The van der Waals surface area contributed by atoms with Gasteiger partial charge in [0, 0.05) is 40.8 Å². The lowest BCUT2D eigenvalue weighted by molar-refractivity contribution is 0.0951. The van der Waals surface area contributed by atoms with E-state index in [1.807, 2.05) is 38.1 Å². The monoisotopic (exact) mass is 466 g/mol. The number of aromatic nitrogens is 1. The van der Waals surface area contributed by atoms with Crippen molar-refractivity contribution in [3.63, 3.8) is 0 Å². The normalized spacial score (nSPS) is 12.8. The number of carbonyl (C=O) groups is 2. The first-order chi connectivity index (χ1) is 15.4. The first-order valence-corrected chi connectivity index (χ1v) is 11.6. The highest BCUT2D eigenvalue weighted by Gasteiger charge is 2.26. The minimum atomic E-state index is -0.239. The number of thioether (sulfide) groups is 1. The maximum Gasteiger partial charge on any atom is 0.326 e. The highest BCUT2D eigenvalue weighted by Crippen LogP contribution is 2.36. The number of anilines is 2. The molecule has 4 rings (SSSR count). The first-order valence-electron chi connectivity index (χ1n) is 10.2. The van der Waals surface area contributed by atoms with Gasteiger partial charge < -0.3 is 10.6 Å². The number of rotatable bonds is 4. The number of benzene rings is 2. The van der Waals surface area contributed by atoms with E-state index in [4.69, 9.17) is 11.6 Å². The van der Waals surface area contributed by atoms with Crippen molar-refractivity contribution in [3.8, 4) is 0 Å². The lowest BCUT2D eigenvalue weighted by Crippen LogP contribution is -2.39. The Morgan fingerprint density at radius 1 is 1.12 bits per heavy atom. The van der Waals surface area contributed by atoms with E-state index >= 15 is 0 Å². The molecule has 2 aromatic carbocycles. The third-order valence-electron chi connectivity index (χ3n) is 5.07. The van der Waals surface area contributed by atoms with Gasteiger partial charge in [0.05, 0.1) is 5.69 Å². The molecule has 164 valence electrons. The van der Waals surface area contributed by atoms with Crippen molar-refractivity contribution in [1.82, 2.24) is 10.3 Å². The number of nitrogens with one attached hydrogen (secondary N) is 2. The van der Waals surface area contributed by atoms with E-state index in [1.165, 1.54) is 0 Å². The van der Waals surface area contributed by atoms with Gasteiger partial charge in [0.2, 0.25) is 0 Å². The Kier molecular flexibility index (Phi) is 6.67. The van der Waals surface area contributed by atoms with Gasteiger partial charge in [-0.1, -0.05) is 29.8 Å². The SMILES string of the molecule is Cc1cc(C)c2c(n1)SCCN2C(=O)Nc1cccc(C(=O)NCc2cccc(Cl)c2)c1. The molecule has 0 saturated carbocycles. The summed E-state index contributed by atoms with van der Waals surface area (Å²) < 4.78 is 0. The van der Waals surface area contributed by atoms with Crippen molar-refractivity contribution in [1.29, 1.82) is 0 Å². The molecule has 2 N–H and O–H groups in total. The molecule has 0 radical (unpaired) electrons. The number of hydrogen-bond donors (Lipinski definition) is 2. The van der Waals surface area contributed by atoms with Crippen LogP contribution in [0.15, 0.2) is 59.6 Å². The van der Waals surface area contributed by atoms with E-state index in [1.54, 1.807) is 47.0 Å². The van der Waals surface area contributed by atoms with Crippen molar-refractivity contribution in [2.24, 2.45) is 0 Å². The average molecular weight is 467 g/mol. The summed E-state index contributed by atoms with van der Waals surface area (Å²) in [5, 5.41) is 7.30. The molecule has 8 heteroatoms. The van der Waals surface area contributed by atoms with Crippen LogP contribution < -0.4 is 15.5 Å². The number of halogens is 1. The Hall–Kier alpha value is -3.03. The Morgan fingerprint density at radius 3 is 2.75 bits per heavy atom. The Bertz CT molecular complexity index is 1180. The second-order valence-corrected chi connectivity index (χ2v) is 9.08. The van der Waals surface area contributed by atoms with Crippen molar-refractivity contribution >= 4 is 46.7 Å². The molecule has 0 aliphatic carbocycles. The molecule has 0 saturated heterocycles. The minimum Gasteiger partial charge on any atom is -0.348 e. The molecule has 1 aromatic heterocycles. The molecule has 6 nitrogen and oxygen atoms in total. The fourth-order valence-electron chi connectivity index (χ4n) is 3.63. The fraction of sp³-hybridized carbons (Fsp3) is 0.208. The van der Waals surface area contributed by atoms with Crippen LogP contribution in [-0.4, -0.2) is 29.2 Å². The summed E-state index contributed by atoms with van der Waals surface area (Å²) in [5.41, 5.74) is 4.74. The number of fused-ring (bicyclic) bond motifs is 1. The number of pyridine rings is 1. The number of carbonyl (C=O) groups excluding carboxylic acids is 2. The molecule has 0 spiro atoms. The zero-order valence-corrected chi connectivity index (χ0v) is 19.4. The lowest BCUT2D eigenvalue weighted by atomic mass is 10.1. The topological polar surface area (TPSA) is 74.3 Å². The lowest BCUT2D eigenvalue weighted by Gasteiger charge is -2.30. The molecule has 1 aliphatic rings. The smallest absolute Gasteiger partial charge is 0.326 e. The second-order valence-electron chi connectivity index (χ2n) is 7.56. The molecule has 1 aliphatic heterocycles. The maximum absolute atomic E-state index is 13.1. The van der Waals surface area contributed by atoms with Crippen LogP contribution in [0.25, 0.3) is 0 Å². The molecule has 0 fully saturated rings. The zero-order chi connectivity index (χ0) is 22.7. The molecule has 3 aromatic rings. The Labute approximate surface area is 196 Å². The fourth-order valence-corrected chi connectivity index (χ4v) is 4.93. The zero-order valence-electron chi connectivity index (χ0n) is 17.8. The van der Waals surface area contributed by atoms with Crippen molar-refractivity contribution in [3.05, 3.63) is 82.0 Å². The molecule has 0 bridgehead atoms. The van der Waals surface area contributed by atoms with Crippen molar-refractivity contribution < 1.29 is 9.59 Å². The Morgan fingerprint density at radius 2 is 1.94 bits per heavy atom. The third-order valence-corrected chi connectivity index (χ3v) is 6.25. The largest absolute Gasteiger partial charge is 0.348 e. The summed E-state index contributed by atoms with van der Waals surface area (Å²) >= 11 is 7.66. The van der Waals surface area contributed by atoms with E-state index in [-0.39, 0.29) is 11.9 Å². The van der Waals surface area contributed by atoms with Gasteiger partial charge in [-0.25, -0.2) is 9.78 Å². The van der Waals surface area contributed by atoms with Gasteiger partial charge in [-0.15, -0.1) is 11.8 Å². The minimum absolute atomic E-state index is 0.226. The summed E-state index contributed by atoms with van der Waals surface area (Å²) in [7, 11) is 0. The number of hydrogen-bond acceptors (Lipinski definition) is 4. The van der Waals surface area contributed by atoms with Crippen LogP contribution in [0.4, 0.5) is 16.2 Å². The van der Waals surface area contributed by atoms with E-state index < -0.39 is 0 Å². The summed E-state index contributed by atoms with van der Waals surface area (Å²) in [4.78, 5) is 32.0. The van der Waals surface area contributed by atoms with Crippen LogP contribution in [0, 0.1) is 13.8 Å². The van der Waals surface area contributed by atoms with Crippen LogP contribution in [0.2, 0.25) is 5.02 Å². The molecular weight excluding hydrogens is 444 g/mol. The standard InChI is InChI=1S/C24H23ClN4O2S/c1-15-11-16(2)27-23-21(15)29(9-10-32-23)24(31)28-20-8-4-6-18(13-20)22(30)26-14-17-5-3-7-19(25)12-17/h3-8,11-13H,9-10,14H2,1-2H3,(H,26,30)(H,28,31). The van der Waals surface area contributed by atoms with Gasteiger partial charge in [0.15, 0.2) is 0 Å². The molecule has 2 heterocycles. The average Bonchev–Trinajstić information content (AvgIpc) is 2.77. The predicted molar refractivity (Wildman–Crippen MR) is 130 cm³/mol. The van der Waals surface area contributed by atoms with E-state index in [2.05, 4.69) is 15.6 Å². The summed E-state index contributed by atoms with van der Waals surface area (Å²) in [6.45, 7) is 4.90. The van der Waals surface area contributed by atoms with Crippen LogP contribution in [0.3, 0.4) is 0 Å². The van der Waals surface area contributed by atoms with Gasteiger partial charge in [-0.2, -0.15) is 0 Å². The van der Waals surface area contributed by atoms with E-state index in [0.29, 0.717) is 29.4 Å². The van der Waals surface area contributed by atoms with E-state index in [9.17, 15) is 9.59 Å². The van der Waals surface area contributed by atoms with Crippen LogP contribution >= 0.6 is 23.4 Å². The molecule has 0 unspecified atom stereocenters. The van der Waals surface area contributed by atoms with Crippen LogP contribution in [0.5, 0.6) is 0 Å². The van der Waals surface area contributed by atoms with Crippen molar-refractivity contribution in [2.45, 2.75) is 25.4 Å². The van der Waals surface area contributed by atoms with Crippen LogP contribution in [-0.2, 0) is 6.54 Å². The predicted octanol–water partition coefficient (Wildman–Crippen LogP) is 5.43. The van der Waals surface area contributed by atoms with Gasteiger partial charge in [-0.05, 0) is 61.4 Å². The molecule has 3 amide bonds. The Balaban J connectivity index is 1.45. The molecule has 0 atom stereocenters. The summed E-state index contributed by atoms with van der Waals surface area (Å²) in [5.74, 6) is 0.554. The van der Waals surface area contributed by atoms with Gasteiger partial charge in [0.1, 0.15) is 5.03 Å². The number of urea groups is 1. The van der Waals surface area contributed by atoms with Gasteiger partial charge in [0.25, 0.3) is 5.91 Å². The number of nitrogens with zero attached hydrogens (tertiary/aromatic N) is 2. The van der Waals surface area contributed by atoms with E-state index in [0.717, 1.165) is 33.3 Å². The van der Waals surface area contributed by atoms with Crippen LogP contribution in [0.1, 0.15) is 27.2 Å². The van der Waals surface area contributed by atoms with Gasteiger partial charge in [-0.3, -0.25) is 9.69 Å². The molecule has 32 heavy (non-hydrogen) atoms. The number of aryl methyl sites for hydroxylation is 2. The highest BCUT2D eigenvalue weighted by atomic mass is 35.5. The maximum atomic E-state index is 13.1. The second kappa shape index (κ2) is 9.63. The highest BCUT2D eigenvalue weighted by molar-refractivity contribution is 7.99. The van der Waals surface area contributed by atoms with Crippen molar-refractivity contribution in [2.75, 3.05) is 22.5 Å².